The summed E-state index contributed by atoms with van der Waals surface area (Å²) in [6.07, 6.45) is 2.18. The van der Waals surface area contributed by atoms with Gasteiger partial charge in [0.1, 0.15) is 0 Å². The van der Waals surface area contributed by atoms with Gasteiger partial charge in [0.25, 0.3) is 0 Å². The van der Waals surface area contributed by atoms with E-state index in [2.05, 4.69) is 42.9 Å². The molecular weight excluding hydrogens is 218 g/mol. The maximum atomic E-state index is 5.59. The number of ether oxygens (including phenoxy) is 1. The lowest BCUT2D eigenvalue weighted by molar-refractivity contribution is -0.00995. The summed E-state index contributed by atoms with van der Waals surface area (Å²) in [4.78, 5) is 0. The number of methoxy groups -OCH3 is 1. The van der Waals surface area contributed by atoms with E-state index in [1.54, 1.807) is 18.4 Å². The van der Waals surface area contributed by atoms with Crippen molar-refractivity contribution in [3.05, 3.63) is 22.4 Å². The number of nitrogens with one attached hydrogen (secondary N) is 1. The van der Waals surface area contributed by atoms with E-state index in [1.165, 1.54) is 5.56 Å². The van der Waals surface area contributed by atoms with Crippen LogP contribution in [-0.2, 0) is 11.2 Å². The van der Waals surface area contributed by atoms with Crippen molar-refractivity contribution in [2.75, 3.05) is 13.7 Å². The van der Waals surface area contributed by atoms with Crippen molar-refractivity contribution in [3.8, 4) is 0 Å². The normalized spacial score (nSPS) is 14.0. The van der Waals surface area contributed by atoms with E-state index < -0.39 is 0 Å². The van der Waals surface area contributed by atoms with Crippen molar-refractivity contribution in [2.24, 2.45) is 0 Å². The van der Waals surface area contributed by atoms with E-state index in [1.807, 2.05) is 0 Å². The molecule has 0 aliphatic heterocycles. The fourth-order valence-electron chi connectivity index (χ4n) is 1.67. The largest absolute Gasteiger partial charge is 0.377 e. The zero-order valence-electron chi connectivity index (χ0n) is 10.7. The third-order valence-electron chi connectivity index (χ3n) is 3.03. The highest BCUT2D eigenvalue weighted by molar-refractivity contribution is 7.07. The minimum absolute atomic E-state index is 0.128. The molecule has 3 heteroatoms. The summed E-state index contributed by atoms with van der Waals surface area (Å²) in [7, 11) is 1.79. The number of thiophene rings is 1. The molecule has 1 rings (SSSR count). The van der Waals surface area contributed by atoms with Gasteiger partial charge in [0.15, 0.2) is 0 Å². The van der Waals surface area contributed by atoms with Gasteiger partial charge in [-0.05, 0) is 55.6 Å². The molecule has 0 spiro atoms. The summed E-state index contributed by atoms with van der Waals surface area (Å²) in [5, 5.41) is 7.92. The molecule has 1 aromatic heterocycles. The van der Waals surface area contributed by atoms with Gasteiger partial charge in [0, 0.05) is 13.2 Å². The maximum Gasteiger partial charge on any atom is 0.0778 e. The maximum absolute atomic E-state index is 5.59. The van der Waals surface area contributed by atoms with Crippen LogP contribution in [0.5, 0.6) is 0 Å². The molecule has 1 unspecified atom stereocenters. The van der Waals surface area contributed by atoms with E-state index in [4.69, 9.17) is 4.74 Å². The molecule has 1 atom stereocenters. The minimum atomic E-state index is -0.128. The van der Waals surface area contributed by atoms with E-state index in [0.717, 1.165) is 19.4 Å². The van der Waals surface area contributed by atoms with Crippen LogP contribution >= 0.6 is 11.3 Å². The third-order valence-corrected chi connectivity index (χ3v) is 3.76. The van der Waals surface area contributed by atoms with Crippen LogP contribution in [0.25, 0.3) is 0 Å². The molecule has 92 valence electrons. The highest BCUT2D eigenvalue weighted by Gasteiger charge is 2.28. The highest BCUT2D eigenvalue weighted by atomic mass is 32.1. The van der Waals surface area contributed by atoms with Gasteiger partial charge in [-0.15, -0.1) is 0 Å². The lowest BCUT2D eigenvalue weighted by Crippen LogP contribution is -2.49. The Labute approximate surface area is 103 Å². The number of hydrogen-bond donors (Lipinski definition) is 1. The fourth-order valence-corrected chi connectivity index (χ4v) is 2.35. The Morgan fingerprint density at radius 1 is 1.50 bits per heavy atom. The lowest BCUT2D eigenvalue weighted by atomic mass is 9.93. The van der Waals surface area contributed by atoms with Crippen LogP contribution in [0.4, 0.5) is 0 Å². The molecule has 1 heterocycles. The predicted molar refractivity (Wildman–Crippen MR) is 71.2 cm³/mol. The van der Waals surface area contributed by atoms with Gasteiger partial charge in [0.05, 0.1) is 5.60 Å². The van der Waals surface area contributed by atoms with Gasteiger partial charge in [-0.25, -0.2) is 0 Å². The van der Waals surface area contributed by atoms with Gasteiger partial charge in [-0.2, -0.15) is 11.3 Å². The van der Waals surface area contributed by atoms with Crippen molar-refractivity contribution in [1.29, 1.82) is 0 Å². The summed E-state index contributed by atoms with van der Waals surface area (Å²) >= 11 is 1.76. The molecule has 0 saturated heterocycles. The molecule has 1 aromatic rings. The first-order valence-electron chi connectivity index (χ1n) is 5.89. The topological polar surface area (TPSA) is 21.3 Å². The van der Waals surface area contributed by atoms with Crippen molar-refractivity contribution in [2.45, 2.75) is 45.3 Å². The monoisotopic (exact) mass is 241 g/mol. The summed E-state index contributed by atoms with van der Waals surface area (Å²) in [6.45, 7) is 7.52. The van der Waals surface area contributed by atoms with Crippen LogP contribution in [0, 0.1) is 0 Å². The van der Waals surface area contributed by atoms with Gasteiger partial charge < -0.3 is 10.1 Å². The van der Waals surface area contributed by atoms with Crippen LogP contribution in [0.1, 0.15) is 32.8 Å². The van der Waals surface area contributed by atoms with Crippen LogP contribution in [0.3, 0.4) is 0 Å². The van der Waals surface area contributed by atoms with Gasteiger partial charge in [-0.3, -0.25) is 0 Å². The quantitative estimate of drug-likeness (QED) is 0.792. The van der Waals surface area contributed by atoms with Crippen molar-refractivity contribution < 1.29 is 4.74 Å². The van der Waals surface area contributed by atoms with Crippen molar-refractivity contribution in [3.63, 3.8) is 0 Å². The van der Waals surface area contributed by atoms with Gasteiger partial charge in [-0.1, -0.05) is 6.92 Å². The zero-order valence-corrected chi connectivity index (χ0v) is 11.6. The molecule has 0 radical (unpaired) electrons. The standard InChI is InChI=1S/C13H23NOS/c1-5-7-14-12(13(2,3)15-4)9-11-6-8-16-10-11/h6,8,10,12,14H,5,7,9H2,1-4H3. The molecule has 0 fully saturated rings. The Hall–Kier alpha value is -0.380. The predicted octanol–water partition coefficient (Wildman–Crippen LogP) is 3.08. The molecule has 16 heavy (non-hydrogen) atoms. The summed E-state index contributed by atoms with van der Waals surface area (Å²) < 4.78 is 5.59. The second-order valence-electron chi connectivity index (χ2n) is 4.65. The zero-order chi connectivity index (χ0) is 12.0. The molecule has 0 saturated carbocycles. The first-order valence-corrected chi connectivity index (χ1v) is 6.84. The Morgan fingerprint density at radius 3 is 2.75 bits per heavy atom. The Bertz CT molecular complexity index is 282. The Balaban J connectivity index is 2.63. The van der Waals surface area contributed by atoms with E-state index in [0.29, 0.717) is 6.04 Å². The third kappa shape index (κ3) is 3.89. The smallest absolute Gasteiger partial charge is 0.0778 e. The fraction of sp³-hybridized carbons (Fsp3) is 0.692. The average Bonchev–Trinajstić information content (AvgIpc) is 2.76. The van der Waals surface area contributed by atoms with Crippen LogP contribution in [0.15, 0.2) is 16.8 Å². The van der Waals surface area contributed by atoms with Crippen LogP contribution in [-0.4, -0.2) is 25.3 Å². The minimum Gasteiger partial charge on any atom is -0.377 e. The van der Waals surface area contributed by atoms with Gasteiger partial charge in [0.2, 0.25) is 0 Å². The molecular formula is C13H23NOS. The number of rotatable bonds is 7. The first kappa shape index (κ1) is 13.7. The highest BCUT2D eigenvalue weighted by Crippen LogP contribution is 2.19. The lowest BCUT2D eigenvalue weighted by Gasteiger charge is -2.34. The Morgan fingerprint density at radius 2 is 2.25 bits per heavy atom. The van der Waals surface area contributed by atoms with Gasteiger partial charge >= 0.3 is 0 Å². The summed E-state index contributed by atoms with van der Waals surface area (Å²) in [5.74, 6) is 0. The molecule has 0 aliphatic carbocycles. The molecule has 0 bridgehead atoms. The first-order chi connectivity index (χ1) is 7.60. The average molecular weight is 241 g/mol. The van der Waals surface area contributed by atoms with Crippen LogP contribution in [0.2, 0.25) is 0 Å². The Kier molecular flexibility index (Phi) is 5.46. The molecule has 1 N–H and O–H groups in total. The van der Waals surface area contributed by atoms with E-state index >= 15 is 0 Å². The van der Waals surface area contributed by atoms with E-state index in [9.17, 15) is 0 Å². The molecule has 0 aliphatic rings. The van der Waals surface area contributed by atoms with E-state index in [-0.39, 0.29) is 5.60 Å². The SMILES string of the molecule is CCCNC(Cc1ccsc1)C(C)(C)OC. The van der Waals surface area contributed by atoms with Crippen molar-refractivity contribution in [1.82, 2.24) is 5.32 Å². The van der Waals surface area contributed by atoms with Crippen molar-refractivity contribution >= 4 is 11.3 Å². The molecule has 0 amide bonds. The number of hydrogen-bond acceptors (Lipinski definition) is 3. The summed E-state index contributed by atoms with van der Waals surface area (Å²) in [5.41, 5.74) is 1.26. The summed E-state index contributed by atoms with van der Waals surface area (Å²) in [6, 6.07) is 2.56. The second-order valence-corrected chi connectivity index (χ2v) is 5.43. The second kappa shape index (κ2) is 6.38. The molecule has 2 nitrogen and oxygen atoms in total. The van der Waals surface area contributed by atoms with Crippen LogP contribution < -0.4 is 5.32 Å². The molecule has 0 aromatic carbocycles.